The van der Waals surface area contributed by atoms with Crippen LogP contribution in [0.2, 0.25) is 0 Å². The molecule has 9 nitrogen and oxygen atoms in total. The lowest BCUT2D eigenvalue weighted by atomic mass is 9.93. The number of carbonyl (C=O) groups is 2. The van der Waals surface area contributed by atoms with Crippen LogP contribution >= 0.6 is 15.2 Å². The summed E-state index contributed by atoms with van der Waals surface area (Å²) < 4.78 is 49.2. The van der Waals surface area contributed by atoms with E-state index in [1.807, 2.05) is 107 Å². The van der Waals surface area contributed by atoms with Crippen molar-refractivity contribution in [3.05, 3.63) is 149 Å². The van der Waals surface area contributed by atoms with Crippen molar-refractivity contribution in [1.29, 1.82) is 0 Å². The zero-order valence-corrected chi connectivity index (χ0v) is 34.3. The fourth-order valence-corrected chi connectivity index (χ4v) is 10.2. The first kappa shape index (κ1) is 42.4. The fourth-order valence-electron chi connectivity index (χ4n) is 6.63. The summed E-state index contributed by atoms with van der Waals surface area (Å²) in [5.41, 5.74) is 7.16. The van der Waals surface area contributed by atoms with Gasteiger partial charge in [-0.25, -0.2) is 0 Å². The van der Waals surface area contributed by atoms with Gasteiger partial charge in [-0.3, -0.25) is 18.7 Å². The van der Waals surface area contributed by atoms with Crippen LogP contribution in [0.3, 0.4) is 0 Å². The monoisotopic (exact) mass is 793 g/mol. The van der Waals surface area contributed by atoms with Gasteiger partial charge in [-0.2, -0.15) is 0 Å². The highest BCUT2D eigenvalue weighted by Crippen LogP contribution is 2.56. The summed E-state index contributed by atoms with van der Waals surface area (Å²) in [4.78, 5) is 23.9. The Hall–Kier alpha value is -4.72. The highest BCUT2D eigenvalue weighted by atomic mass is 31.2. The van der Waals surface area contributed by atoms with Crippen molar-refractivity contribution in [3.63, 3.8) is 0 Å². The molecule has 0 amide bonds. The van der Waals surface area contributed by atoms with Gasteiger partial charge >= 0.3 is 15.2 Å². The van der Waals surface area contributed by atoms with Crippen LogP contribution in [0, 0.1) is 6.92 Å². The maximum absolute atomic E-state index is 13.4. The first-order valence-electron chi connectivity index (χ1n) is 18.8. The number of aldehydes is 2. The average molecular weight is 794 g/mol. The first-order valence-corrected chi connectivity index (χ1v) is 22.2. The van der Waals surface area contributed by atoms with Crippen LogP contribution in [0.5, 0.6) is 0 Å². The van der Waals surface area contributed by atoms with E-state index < -0.39 is 15.2 Å². The molecule has 6 aromatic rings. The maximum Gasteiger partial charge on any atom is 0.335 e. The Morgan fingerprint density at radius 2 is 0.750 bits per heavy atom. The molecule has 0 unspecified atom stereocenters. The van der Waals surface area contributed by atoms with Gasteiger partial charge in [0.1, 0.15) is 12.6 Å². The lowest BCUT2D eigenvalue weighted by molar-refractivity contribution is 0.111. The maximum atomic E-state index is 13.4. The van der Waals surface area contributed by atoms with Gasteiger partial charge in [-0.05, 0) is 128 Å². The molecule has 6 rings (SSSR count). The summed E-state index contributed by atoms with van der Waals surface area (Å²) >= 11 is 0. The topological polar surface area (TPSA) is 108 Å². The van der Waals surface area contributed by atoms with Crippen LogP contribution in [-0.2, 0) is 39.5 Å². The normalized spacial score (nSPS) is 11.6. The molecule has 0 radical (unpaired) electrons. The number of carbonyl (C=O) groups excluding carboxylic acids is 2. The van der Waals surface area contributed by atoms with Crippen molar-refractivity contribution in [2.24, 2.45) is 0 Å². The third-order valence-corrected chi connectivity index (χ3v) is 13.0. The minimum absolute atomic E-state index is 0.157. The van der Waals surface area contributed by atoms with E-state index >= 15 is 0 Å². The van der Waals surface area contributed by atoms with Gasteiger partial charge in [0.05, 0.1) is 38.8 Å². The standard InChI is InChI=1S/C24H32O6P2.C21H17NO2/c1-5-27-31(25,28-6-2)17-23-19-13-9-11-15-21(19)24(22-16-12-10-14-20(22)23)18-32(26,29-7-3)30-8-4;1-16-2-8-19(9-3-16)22(20-10-4-17(14-23)5-11-20)21-12-6-18(15-24)7-13-21/h9-16H,5-8,17-18H2,1-4H3;2-15H,1H3. The second-order valence-electron chi connectivity index (χ2n) is 12.8. The Bertz CT molecular complexity index is 2110. The van der Waals surface area contributed by atoms with Gasteiger partial charge < -0.3 is 23.0 Å². The van der Waals surface area contributed by atoms with E-state index in [1.54, 1.807) is 24.3 Å². The Balaban J connectivity index is 0.000000223. The highest BCUT2D eigenvalue weighted by Gasteiger charge is 2.30. The zero-order valence-electron chi connectivity index (χ0n) is 32.6. The van der Waals surface area contributed by atoms with Gasteiger partial charge in [0.25, 0.3) is 0 Å². The van der Waals surface area contributed by atoms with Gasteiger partial charge in [-0.15, -0.1) is 0 Å². The van der Waals surface area contributed by atoms with E-state index in [1.165, 1.54) is 5.56 Å². The molecule has 0 bridgehead atoms. The molecule has 11 heteroatoms. The van der Waals surface area contributed by atoms with Crippen LogP contribution in [0.25, 0.3) is 21.5 Å². The predicted octanol–water partition coefficient (Wildman–Crippen LogP) is 12.6. The Morgan fingerprint density at radius 1 is 0.464 bits per heavy atom. The molecule has 0 saturated heterocycles. The quantitative estimate of drug-likeness (QED) is 0.0506. The Labute approximate surface area is 329 Å². The molecular formula is C45H49NO8P2. The van der Waals surface area contributed by atoms with Crippen molar-refractivity contribution in [1.82, 2.24) is 0 Å². The lowest BCUT2D eigenvalue weighted by Gasteiger charge is -2.25. The molecular weight excluding hydrogens is 744 g/mol. The van der Waals surface area contributed by atoms with Crippen molar-refractivity contribution in [3.8, 4) is 0 Å². The third-order valence-electron chi connectivity index (χ3n) is 9.03. The molecule has 0 aliphatic heterocycles. The summed E-state index contributed by atoms with van der Waals surface area (Å²) in [5.74, 6) is 0. The van der Waals surface area contributed by atoms with E-state index in [9.17, 15) is 18.7 Å². The van der Waals surface area contributed by atoms with Crippen LogP contribution in [0.4, 0.5) is 17.1 Å². The summed E-state index contributed by atoms with van der Waals surface area (Å²) in [6.07, 6.45) is 1.98. The molecule has 56 heavy (non-hydrogen) atoms. The third kappa shape index (κ3) is 10.4. The van der Waals surface area contributed by atoms with Gasteiger partial charge in [0.15, 0.2) is 0 Å². The van der Waals surface area contributed by atoms with E-state index in [4.69, 9.17) is 18.1 Å². The van der Waals surface area contributed by atoms with Gasteiger partial charge in [-0.1, -0.05) is 66.2 Å². The van der Waals surface area contributed by atoms with Gasteiger partial charge in [0.2, 0.25) is 0 Å². The summed E-state index contributed by atoms with van der Waals surface area (Å²) in [6, 6.07) is 38.8. The fraction of sp³-hybridized carbons (Fsp3) is 0.244. The number of hydrogen-bond donors (Lipinski definition) is 0. The van der Waals surface area contributed by atoms with Crippen LogP contribution in [0.15, 0.2) is 121 Å². The molecule has 0 spiro atoms. The van der Waals surface area contributed by atoms with Crippen molar-refractivity contribution >= 4 is 66.4 Å². The van der Waals surface area contributed by atoms with E-state index in [0.29, 0.717) is 37.6 Å². The minimum Gasteiger partial charge on any atom is -0.311 e. The first-order chi connectivity index (χ1) is 27.1. The molecule has 0 atom stereocenters. The van der Waals surface area contributed by atoms with Crippen LogP contribution in [-0.4, -0.2) is 39.0 Å². The van der Waals surface area contributed by atoms with E-state index in [2.05, 4.69) is 29.2 Å². The smallest absolute Gasteiger partial charge is 0.311 e. The number of aryl methyl sites for hydroxylation is 1. The summed E-state index contributed by atoms with van der Waals surface area (Å²) in [5, 5.41) is 3.72. The molecule has 0 fully saturated rings. The van der Waals surface area contributed by atoms with E-state index in [0.717, 1.165) is 62.3 Å². The lowest BCUT2D eigenvalue weighted by Crippen LogP contribution is -2.10. The Kier molecular flexibility index (Phi) is 15.1. The molecule has 0 aromatic heterocycles. The number of rotatable bonds is 17. The molecule has 0 saturated carbocycles. The molecule has 0 aliphatic carbocycles. The number of benzene rings is 6. The van der Waals surface area contributed by atoms with Crippen molar-refractivity contribution < 1.29 is 36.8 Å². The molecule has 292 valence electrons. The number of hydrogen-bond acceptors (Lipinski definition) is 9. The van der Waals surface area contributed by atoms with Crippen LogP contribution in [0.1, 0.15) is 65.1 Å². The second kappa shape index (κ2) is 19.9. The van der Waals surface area contributed by atoms with Gasteiger partial charge in [0, 0.05) is 28.2 Å². The summed E-state index contributed by atoms with van der Waals surface area (Å²) in [6.45, 7) is 10.5. The van der Waals surface area contributed by atoms with E-state index in [-0.39, 0.29) is 12.3 Å². The zero-order chi connectivity index (χ0) is 40.1. The number of nitrogens with zero attached hydrogens (tertiary/aromatic N) is 1. The largest absolute Gasteiger partial charge is 0.335 e. The molecule has 0 aliphatic rings. The highest BCUT2D eigenvalue weighted by molar-refractivity contribution is 7.53. The average Bonchev–Trinajstić information content (AvgIpc) is 3.21. The van der Waals surface area contributed by atoms with Crippen LogP contribution < -0.4 is 4.90 Å². The molecule has 0 N–H and O–H groups in total. The SMILES string of the molecule is CCOP(=O)(Cc1c2ccccc2c(CP(=O)(OCC)OCC)c2ccccc12)OCC.Cc1ccc(N(c2ccc(C=O)cc2)c2ccc(C=O)cc2)cc1. The summed E-state index contributed by atoms with van der Waals surface area (Å²) in [7, 11) is -6.66. The van der Waals surface area contributed by atoms with Crippen molar-refractivity contribution in [2.75, 3.05) is 31.3 Å². The number of anilines is 3. The minimum atomic E-state index is -3.33. The second-order valence-corrected chi connectivity index (χ2v) is 17.0. The Morgan fingerprint density at radius 3 is 1.02 bits per heavy atom. The molecule has 6 aromatic carbocycles. The predicted molar refractivity (Wildman–Crippen MR) is 227 cm³/mol. The molecule has 0 heterocycles. The van der Waals surface area contributed by atoms with Crippen molar-refractivity contribution in [2.45, 2.75) is 46.9 Å². The number of fused-ring (bicyclic) bond motifs is 2.